The zero-order chi connectivity index (χ0) is 13.8. The van der Waals surface area contributed by atoms with E-state index in [-0.39, 0.29) is 18.0 Å². The summed E-state index contributed by atoms with van der Waals surface area (Å²) in [5.74, 6) is 0.686. The molecule has 1 saturated carbocycles. The summed E-state index contributed by atoms with van der Waals surface area (Å²) in [6.07, 6.45) is 6.46. The summed E-state index contributed by atoms with van der Waals surface area (Å²) in [6.45, 7) is 3.86. The van der Waals surface area contributed by atoms with Gasteiger partial charge in [-0.05, 0) is 53.6 Å². The van der Waals surface area contributed by atoms with Crippen molar-refractivity contribution in [1.82, 2.24) is 4.98 Å². The Morgan fingerprint density at radius 3 is 2.74 bits per heavy atom. The Morgan fingerprint density at radius 1 is 1.47 bits per heavy atom. The van der Waals surface area contributed by atoms with Crippen LogP contribution in [0.15, 0.2) is 29.4 Å². The number of pyridine rings is 1. The zero-order valence-corrected chi connectivity index (χ0v) is 12.2. The van der Waals surface area contributed by atoms with Crippen molar-refractivity contribution in [2.24, 2.45) is 5.92 Å². The van der Waals surface area contributed by atoms with Gasteiger partial charge in [-0.3, -0.25) is 0 Å². The van der Waals surface area contributed by atoms with Crippen molar-refractivity contribution < 1.29 is 9.50 Å². The summed E-state index contributed by atoms with van der Waals surface area (Å²) >= 11 is 3.30. The predicted octanol–water partition coefficient (Wildman–Crippen LogP) is 3.50. The molecule has 19 heavy (non-hydrogen) atoms. The van der Waals surface area contributed by atoms with E-state index in [4.69, 9.17) is 0 Å². The summed E-state index contributed by atoms with van der Waals surface area (Å²) in [7, 11) is 0. The smallest absolute Gasteiger partial charge is 0.142 e. The van der Waals surface area contributed by atoms with Crippen LogP contribution in [0.4, 0.5) is 10.2 Å². The second kappa shape index (κ2) is 6.48. The third kappa shape index (κ3) is 3.76. The van der Waals surface area contributed by atoms with E-state index in [1.807, 2.05) is 6.08 Å². The lowest BCUT2D eigenvalue weighted by atomic mass is 9.82. The first-order chi connectivity index (χ1) is 9.10. The molecule has 1 aliphatic carbocycles. The van der Waals surface area contributed by atoms with Crippen molar-refractivity contribution in [3.63, 3.8) is 0 Å². The van der Waals surface area contributed by atoms with Gasteiger partial charge in [0.1, 0.15) is 11.6 Å². The molecule has 1 aromatic heterocycles. The average Bonchev–Trinajstić information content (AvgIpc) is 2.39. The maximum atomic E-state index is 13.0. The molecule has 0 bridgehead atoms. The Morgan fingerprint density at radius 2 is 2.16 bits per heavy atom. The zero-order valence-electron chi connectivity index (χ0n) is 10.6. The third-order valence-electron chi connectivity index (χ3n) is 3.61. The standard InChI is InChI=1S/C14H18BrFN2O/c1-2-13(9-3-5-11(19)6-4-9)18-14-12(15)7-10(16)8-17-14/h2,7-9,11,13,19H,1,3-6H2,(H,17,18)/t9?,11?,13-/m1/s1. The topological polar surface area (TPSA) is 45.2 Å². The predicted molar refractivity (Wildman–Crippen MR) is 77.5 cm³/mol. The van der Waals surface area contributed by atoms with Crippen molar-refractivity contribution in [1.29, 1.82) is 0 Å². The molecule has 1 aromatic rings. The van der Waals surface area contributed by atoms with Crippen LogP contribution in [-0.4, -0.2) is 22.2 Å². The third-order valence-corrected chi connectivity index (χ3v) is 4.22. The summed E-state index contributed by atoms with van der Waals surface area (Å²) in [5.41, 5.74) is 0. The molecular weight excluding hydrogens is 311 g/mol. The molecule has 2 N–H and O–H groups in total. The number of aliphatic hydroxyl groups is 1. The van der Waals surface area contributed by atoms with Gasteiger partial charge in [-0.25, -0.2) is 9.37 Å². The minimum absolute atomic E-state index is 0.0850. The van der Waals surface area contributed by atoms with Crippen LogP contribution in [0.25, 0.3) is 0 Å². The van der Waals surface area contributed by atoms with E-state index in [1.54, 1.807) is 0 Å². The highest BCUT2D eigenvalue weighted by Gasteiger charge is 2.25. The largest absolute Gasteiger partial charge is 0.393 e. The van der Waals surface area contributed by atoms with Crippen LogP contribution in [-0.2, 0) is 0 Å². The SMILES string of the molecule is C=C[C@@H](Nc1ncc(F)cc1Br)C1CCC(O)CC1. The molecule has 0 saturated heterocycles. The van der Waals surface area contributed by atoms with Gasteiger partial charge in [0.15, 0.2) is 0 Å². The molecular formula is C14H18BrFN2O. The van der Waals surface area contributed by atoms with Gasteiger partial charge in [0.05, 0.1) is 16.8 Å². The van der Waals surface area contributed by atoms with Gasteiger partial charge in [0.25, 0.3) is 0 Å². The van der Waals surface area contributed by atoms with Gasteiger partial charge in [0, 0.05) is 6.04 Å². The lowest BCUT2D eigenvalue weighted by Gasteiger charge is -2.31. The molecule has 0 aromatic carbocycles. The first kappa shape index (κ1) is 14.5. The van der Waals surface area contributed by atoms with Crippen LogP contribution < -0.4 is 5.32 Å². The Balaban J connectivity index is 2.04. The number of rotatable bonds is 4. The Labute approximate surface area is 121 Å². The molecule has 0 spiro atoms. The lowest BCUT2D eigenvalue weighted by molar-refractivity contribution is 0.107. The number of halogens is 2. The van der Waals surface area contributed by atoms with Gasteiger partial charge >= 0.3 is 0 Å². The fraction of sp³-hybridized carbons (Fsp3) is 0.500. The normalized spacial score (nSPS) is 24.8. The number of aromatic nitrogens is 1. The maximum Gasteiger partial charge on any atom is 0.142 e. The van der Waals surface area contributed by atoms with Crippen LogP contribution in [0.5, 0.6) is 0 Å². The number of hydrogen-bond acceptors (Lipinski definition) is 3. The Bertz CT molecular complexity index is 447. The maximum absolute atomic E-state index is 13.0. The first-order valence-corrected chi connectivity index (χ1v) is 7.27. The Hall–Kier alpha value is -0.940. The Kier molecular flexibility index (Phi) is 4.93. The van der Waals surface area contributed by atoms with E-state index in [9.17, 15) is 9.50 Å². The van der Waals surface area contributed by atoms with Crippen LogP contribution in [0, 0.1) is 11.7 Å². The molecule has 0 aliphatic heterocycles. The van der Waals surface area contributed by atoms with Crippen molar-refractivity contribution in [3.8, 4) is 0 Å². The van der Waals surface area contributed by atoms with E-state index in [0.29, 0.717) is 16.2 Å². The minimum Gasteiger partial charge on any atom is -0.393 e. The summed E-state index contributed by atoms with van der Waals surface area (Å²) in [5, 5.41) is 12.8. The van der Waals surface area contributed by atoms with Crippen LogP contribution in [0.3, 0.4) is 0 Å². The molecule has 1 atom stereocenters. The van der Waals surface area contributed by atoms with Gasteiger partial charge in [-0.15, -0.1) is 6.58 Å². The fourth-order valence-corrected chi connectivity index (χ4v) is 2.94. The molecule has 1 fully saturated rings. The van der Waals surface area contributed by atoms with Crippen LogP contribution in [0.1, 0.15) is 25.7 Å². The molecule has 1 aliphatic rings. The van der Waals surface area contributed by atoms with E-state index >= 15 is 0 Å². The lowest BCUT2D eigenvalue weighted by Crippen LogP contribution is -2.32. The number of anilines is 1. The molecule has 0 unspecified atom stereocenters. The summed E-state index contributed by atoms with van der Waals surface area (Å²) in [4.78, 5) is 4.05. The quantitative estimate of drug-likeness (QED) is 0.831. The second-order valence-corrected chi connectivity index (χ2v) is 5.81. The first-order valence-electron chi connectivity index (χ1n) is 6.48. The molecule has 1 heterocycles. The molecule has 0 radical (unpaired) electrons. The van der Waals surface area contributed by atoms with Gasteiger partial charge in [-0.2, -0.15) is 0 Å². The monoisotopic (exact) mass is 328 g/mol. The molecule has 0 amide bonds. The number of nitrogens with zero attached hydrogens (tertiary/aromatic N) is 1. The number of nitrogens with one attached hydrogen (secondary N) is 1. The van der Waals surface area contributed by atoms with E-state index in [0.717, 1.165) is 25.7 Å². The van der Waals surface area contributed by atoms with Crippen molar-refractivity contribution in [2.75, 3.05) is 5.32 Å². The van der Waals surface area contributed by atoms with Crippen LogP contribution >= 0.6 is 15.9 Å². The van der Waals surface area contributed by atoms with Crippen molar-refractivity contribution >= 4 is 21.7 Å². The van der Waals surface area contributed by atoms with Gasteiger partial charge in [-0.1, -0.05) is 6.08 Å². The summed E-state index contributed by atoms with van der Waals surface area (Å²) in [6, 6.07) is 1.47. The highest BCUT2D eigenvalue weighted by Crippen LogP contribution is 2.30. The average molecular weight is 329 g/mol. The molecule has 2 rings (SSSR count). The number of aliphatic hydroxyl groups excluding tert-OH is 1. The fourth-order valence-electron chi connectivity index (χ4n) is 2.51. The van der Waals surface area contributed by atoms with Crippen LogP contribution in [0.2, 0.25) is 0 Å². The highest BCUT2D eigenvalue weighted by atomic mass is 79.9. The summed E-state index contributed by atoms with van der Waals surface area (Å²) < 4.78 is 13.6. The minimum atomic E-state index is -0.367. The van der Waals surface area contributed by atoms with Gasteiger partial charge < -0.3 is 10.4 Å². The van der Waals surface area contributed by atoms with Gasteiger partial charge in [0.2, 0.25) is 0 Å². The van der Waals surface area contributed by atoms with Crippen molar-refractivity contribution in [2.45, 2.75) is 37.8 Å². The van der Waals surface area contributed by atoms with E-state index in [2.05, 4.69) is 32.8 Å². The molecule has 5 heteroatoms. The van der Waals surface area contributed by atoms with E-state index < -0.39 is 0 Å². The van der Waals surface area contributed by atoms with Crippen molar-refractivity contribution in [3.05, 3.63) is 35.2 Å². The number of hydrogen-bond donors (Lipinski definition) is 2. The second-order valence-electron chi connectivity index (χ2n) is 4.96. The van der Waals surface area contributed by atoms with E-state index in [1.165, 1.54) is 12.3 Å². The molecule has 3 nitrogen and oxygen atoms in total. The highest BCUT2D eigenvalue weighted by molar-refractivity contribution is 9.10. The molecule has 104 valence electrons.